The first-order valence-electron chi connectivity index (χ1n) is 6.43. The topological polar surface area (TPSA) is 12.9 Å². The van der Waals surface area contributed by atoms with Crippen LogP contribution < -0.4 is 0 Å². The van der Waals surface area contributed by atoms with Crippen LogP contribution in [0.4, 0.5) is 0 Å². The van der Waals surface area contributed by atoms with Gasteiger partial charge in [0.2, 0.25) is 0 Å². The minimum Gasteiger partial charge on any atom is -0.246 e. The minimum atomic E-state index is 0.764. The maximum Gasteiger partial charge on any atom is 0.0928 e. The fourth-order valence-electron chi connectivity index (χ4n) is 2.17. The second-order valence-corrected chi connectivity index (χ2v) is 5.78. The van der Waals surface area contributed by atoms with Gasteiger partial charge in [0.1, 0.15) is 0 Å². The van der Waals surface area contributed by atoms with Crippen LogP contribution in [0.2, 0.25) is 0 Å². The molecule has 2 heterocycles. The van der Waals surface area contributed by atoms with Crippen LogP contribution in [0.25, 0.3) is 0 Å². The van der Waals surface area contributed by atoms with E-state index in [1.54, 1.807) is 0 Å². The van der Waals surface area contributed by atoms with E-state index in [1.807, 2.05) is 11.3 Å². The number of nitrogens with zero attached hydrogens (tertiary/aromatic N) is 1. The Morgan fingerprint density at radius 2 is 2.12 bits per heavy atom. The molecule has 88 valence electrons. The lowest BCUT2D eigenvalue weighted by Gasteiger charge is -2.07. The van der Waals surface area contributed by atoms with Gasteiger partial charge in [-0.3, -0.25) is 0 Å². The van der Waals surface area contributed by atoms with Crippen molar-refractivity contribution < 1.29 is 0 Å². The summed E-state index contributed by atoms with van der Waals surface area (Å²) in [5.74, 6) is 0.764. The molecule has 2 bridgehead atoms. The molecule has 0 N–H and O–H groups in total. The highest BCUT2D eigenvalue weighted by Crippen LogP contribution is 2.19. The van der Waals surface area contributed by atoms with Gasteiger partial charge in [0.25, 0.3) is 0 Å². The molecule has 2 heteroatoms. The number of aryl methyl sites for hydroxylation is 1. The van der Waals surface area contributed by atoms with Crippen molar-refractivity contribution in [2.75, 3.05) is 0 Å². The first kappa shape index (κ1) is 11.8. The molecule has 1 aromatic heterocycles. The van der Waals surface area contributed by atoms with Crippen molar-refractivity contribution in [2.24, 2.45) is 5.92 Å². The molecule has 1 aliphatic heterocycles. The predicted octanol–water partition coefficient (Wildman–Crippen LogP) is 4.38. The summed E-state index contributed by atoms with van der Waals surface area (Å²) in [7, 11) is 0. The third kappa shape index (κ3) is 3.75. The van der Waals surface area contributed by atoms with E-state index in [2.05, 4.69) is 24.5 Å². The van der Waals surface area contributed by atoms with Gasteiger partial charge in [-0.25, -0.2) is 4.98 Å². The maximum atomic E-state index is 4.72. The Balaban J connectivity index is 2.00. The SMILES string of the molecule is CC1CC/C=C/CCCCc2nc(cs2)C1. The van der Waals surface area contributed by atoms with Gasteiger partial charge in [0.15, 0.2) is 0 Å². The largest absolute Gasteiger partial charge is 0.246 e. The molecule has 0 saturated heterocycles. The summed E-state index contributed by atoms with van der Waals surface area (Å²) < 4.78 is 0. The highest BCUT2D eigenvalue weighted by molar-refractivity contribution is 7.09. The molecule has 1 unspecified atom stereocenters. The molecule has 0 radical (unpaired) electrons. The van der Waals surface area contributed by atoms with E-state index in [0.29, 0.717) is 0 Å². The maximum absolute atomic E-state index is 4.72. The minimum absolute atomic E-state index is 0.764. The van der Waals surface area contributed by atoms with Crippen molar-refractivity contribution in [2.45, 2.75) is 51.9 Å². The summed E-state index contributed by atoms with van der Waals surface area (Å²) in [6.45, 7) is 2.34. The summed E-state index contributed by atoms with van der Waals surface area (Å²) in [6, 6.07) is 0. The Labute approximate surface area is 103 Å². The Morgan fingerprint density at radius 3 is 3.06 bits per heavy atom. The quantitative estimate of drug-likeness (QED) is 0.608. The molecule has 16 heavy (non-hydrogen) atoms. The molecular weight excluding hydrogens is 214 g/mol. The van der Waals surface area contributed by atoms with Crippen LogP contribution in [0.3, 0.4) is 0 Å². The van der Waals surface area contributed by atoms with Gasteiger partial charge in [-0.05, 0) is 50.9 Å². The molecule has 0 aliphatic carbocycles. The zero-order chi connectivity index (χ0) is 11.2. The molecule has 1 aliphatic rings. The average molecular weight is 235 g/mol. The smallest absolute Gasteiger partial charge is 0.0928 e. The summed E-state index contributed by atoms with van der Waals surface area (Å²) in [4.78, 5) is 4.72. The number of hydrogen-bond acceptors (Lipinski definition) is 2. The monoisotopic (exact) mass is 235 g/mol. The first-order chi connectivity index (χ1) is 7.84. The third-order valence-corrected chi connectivity index (χ3v) is 4.12. The van der Waals surface area contributed by atoms with Gasteiger partial charge in [0.05, 0.1) is 10.7 Å². The first-order valence-corrected chi connectivity index (χ1v) is 7.31. The predicted molar refractivity (Wildman–Crippen MR) is 70.9 cm³/mol. The zero-order valence-electron chi connectivity index (χ0n) is 10.1. The molecule has 0 aromatic carbocycles. The van der Waals surface area contributed by atoms with Gasteiger partial charge in [0, 0.05) is 5.38 Å². The Hall–Kier alpha value is -0.630. The van der Waals surface area contributed by atoms with Crippen molar-refractivity contribution in [3.63, 3.8) is 0 Å². The van der Waals surface area contributed by atoms with Crippen molar-refractivity contribution in [3.8, 4) is 0 Å². The van der Waals surface area contributed by atoms with Gasteiger partial charge in [-0.1, -0.05) is 19.1 Å². The molecule has 0 amide bonds. The molecular formula is C14H21NS. The summed E-state index contributed by atoms with van der Waals surface area (Å²) in [5.41, 5.74) is 1.32. The van der Waals surface area contributed by atoms with Crippen LogP contribution in [0.1, 0.15) is 49.7 Å². The van der Waals surface area contributed by atoms with Crippen LogP contribution in [-0.2, 0) is 12.8 Å². The lowest BCUT2D eigenvalue weighted by molar-refractivity contribution is 0.530. The number of hydrogen-bond donors (Lipinski definition) is 0. The summed E-state index contributed by atoms with van der Waals surface area (Å²) >= 11 is 1.85. The second kappa shape index (κ2) is 6.19. The fourth-order valence-corrected chi connectivity index (χ4v) is 3.02. The van der Waals surface area contributed by atoms with Crippen LogP contribution >= 0.6 is 11.3 Å². The van der Waals surface area contributed by atoms with E-state index in [-0.39, 0.29) is 0 Å². The van der Waals surface area contributed by atoms with E-state index in [0.717, 1.165) is 12.3 Å². The number of thiazole rings is 1. The standard InChI is InChI=1S/C14H21NS/c1-12-8-6-4-2-3-5-7-9-14-15-13(10-12)11-16-14/h2,4,11-12H,3,5-10H2,1H3/b4-2+. The van der Waals surface area contributed by atoms with Crippen molar-refractivity contribution >= 4 is 11.3 Å². The van der Waals surface area contributed by atoms with E-state index in [1.165, 1.54) is 49.2 Å². The molecule has 1 aromatic rings. The van der Waals surface area contributed by atoms with E-state index >= 15 is 0 Å². The number of allylic oxidation sites excluding steroid dienone is 2. The fraction of sp³-hybridized carbons (Fsp3) is 0.643. The normalized spacial score (nSPS) is 25.2. The zero-order valence-corrected chi connectivity index (χ0v) is 10.9. The number of aromatic nitrogens is 1. The molecule has 1 atom stereocenters. The average Bonchev–Trinajstić information content (AvgIpc) is 2.69. The molecule has 0 saturated carbocycles. The van der Waals surface area contributed by atoms with Crippen LogP contribution in [0.15, 0.2) is 17.5 Å². The molecule has 2 rings (SSSR count). The van der Waals surface area contributed by atoms with Gasteiger partial charge in [-0.15, -0.1) is 11.3 Å². The molecule has 0 fully saturated rings. The Bertz CT molecular complexity index is 340. The molecule has 1 nitrogen and oxygen atoms in total. The second-order valence-electron chi connectivity index (χ2n) is 4.84. The van der Waals surface area contributed by atoms with Crippen LogP contribution in [0, 0.1) is 5.92 Å². The highest BCUT2D eigenvalue weighted by Gasteiger charge is 2.07. The highest BCUT2D eigenvalue weighted by atomic mass is 32.1. The van der Waals surface area contributed by atoms with Gasteiger partial charge >= 0.3 is 0 Å². The lowest BCUT2D eigenvalue weighted by atomic mass is 10.00. The van der Waals surface area contributed by atoms with Crippen LogP contribution in [0.5, 0.6) is 0 Å². The van der Waals surface area contributed by atoms with E-state index in [9.17, 15) is 0 Å². The third-order valence-electron chi connectivity index (χ3n) is 3.16. The van der Waals surface area contributed by atoms with Gasteiger partial charge < -0.3 is 0 Å². The number of rotatable bonds is 0. The summed E-state index contributed by atoms with van der Waals surface area (Å²) in [5, 5.41) is 3.60. The van der Waals surface area contributed by atoms with E-state index < -0.39 is 0 Å². The Morgan fingerprint density at radius 1 is 1.25 bits per heavy atom. The van der Waals surface area contributed by atoms with Crippen molar-refractivity contribution in [1.29, 1.82) is 0 Å². The van der Waals surface area contributed by atoms with Gasteiger partial charge in [-0.2, -0.15) is 0 Å². The number of fused-ring (bicyclic) bond motifs is 2. The van der Waals surface area contributed by atoms with Crippen molar-refractivity contribution in [3.05, 3.63) is 28.2 Å². The Kier molecular flexibility index (Phi) is 4.58. The lowest BCUT2D eigenvalue weighted by Crippen LogP contribution is -1.99. The van der Waals surface area contributed by atoms with E-state index in [4.69, 9.17) is 4.98 Å². The summed E-state index contributed by atoms with van der Waals surface area (Å²) in [6.07, 6.45) is 13.4. The van der Waals surface area contributed by atoms with Crippen molar-refractivity contribution in [1.82, 2.24) is 4.98 Å². The molecule has 0 spiro atoms. The van der Waals surface area contributed by atoms with Crippen LogP contribution in [-0.4, -0.2) is 4.98 Å².